The Morgan fingerprint density at radius 3 is 2.63 bits per heavy atom. The van der Waals surface area contributed by atoms with Gasteiger partial charge >= 0.3 is 5.82 Å². The highest BCUT2D eigenvalue weighted by Crippen LogP contribution is 2.24. The van der Waals surface area contributed by atoms with E-state index in [0.717, 1.165) is 11.3 Å². The standard InChI is InChI=1S/C13H14BrN3O2/c1-16-12(9-10-5-3-2-4-6-10)11(7-8-14)13(15-16)17(18)19/h2-6H,7-9H2,1H3. The normalized spacial score (nSPS) is 10.6. The van der Waals surface area contributed by atoms with Crippen LogP contribution in [-0.4, -0.2) is 20.0 Å². The van der Waals surface area contributed by atoms with Crippen LogP contribution in [0.4, 0.5) is 5.82 Å². The van der Waals surface area contributed by atoms with Crippen LogP contribution in [0.2, 0.25) is 0 Å². The van der Waals surface area contributed by atoms with Gasteiger partial charge in [-0.05, 0) is 16.9 Å². The van der Waals surface area contributed by atoms with Gasteiger partial charge in [0.25, 0.3) is 0 Å². The van der Waals surface area contributed by atoms with Crippen LogP contribution >= 0.6 is 15.9 Å². The summed E-state index contributed by atoms with van der Waals surface area (Å²) in [5, 5.41) is 15.7. The van der Waals surface area contributed by atoms with Crippen LogP contribution in [0, 0.1) is 10.1 Å². The second-order valence-electron chi connectivity index (χ2n) is 4.23. The number of alkyl halides is 1. The van der Waals surface area contributed by atoms with Gasteiger partial charge < -0.3 is 10.1 Å². The monoisotopic (exact) mass is 323 g/mol. The maximum absolute atomic E-state index is 11.0. The van der Waals surface area contributed by atoms with Crippen molar-refractivity contribution in [2.24, 2.45) is 7.05 Å². The molecule has 1 heterocycles. The van der Waals surface area contributed by atoms with E-state index >= 15 is 0 Å². The fourth-order valence-electron chi connectivity index (χ4n) is 2.09. The summed E-state index contributed by atoms with van der Waals surface area (Å²) in [6, 6.07) is 9.90. The fourth-order valence-corrected chi connectivity index (χ4v) is 2.49. The van der Waals surface area contributed by atoms with Crippen LogP contribution in [0.15, 0.2) is 30.3 Å². The van der Waals surface area contributed by atoms with Crippen molar-refractivity contribution in [3.63, 3.8) is 0 Å². The van der Waals surface area contributed by atoms with Crippen LogP contribution < -0.4 is 0 Å². The number of nitrogens with zero attached hydrogens (tertiary/aromatic N) is 3. The maximum atomic E-state index is 11.0. The van der Waals surface area contributed by atoms with Crippen molar-refractivity contribution in [1.29, 1.82) is 0 Å². The predicted octanol–water partition coefficient (Wildman–Crippen LogP) is 2.86. The molecule has 0 saturated heterocycles. The van der Waals surface area contributed by atoms with E-state index < -0.39 is 4.92 Å². The average Bonchev–Trinajstić information content (AvgIpc) is 2.70. The first-order valence-electron chi connectivity index (χ1n) is 5.92. The highest BCUT2D eigenvalue weighted by atomic mass is 79.9. The Bertz CT molecular complexity index is 581. The number of benzene rings is 1. The minimum Gasteiger partial charge on any atom is -0.358 e. The van der Waals surface area contributed by atoms with E-state index in [1.165, 1.54) is 0 Å². The molecule has 0 aliphatic carbocycles. The zero-order valence-corrected chi connectivity index (χ0v) is 12.1. The molecule has 0 aliphatic heterocycles. The first kappa shape index (κ1) is 13.7. The molecule has 0 amide bonds. The molecule has 19 heavy (non-hydrogen) atoms. The van der Waals surface area contributed by atoms with Gasteiger partial charge in [0.2, 0.25) is 0 Å². The van der Waals surface area contributed by atoms with Gasteiger partial charge in [-0.25, -0.2) is 0 Å². The van der Waals surface area contributed by atoms with Gasteiger partial charge in [0.1, 0.15) is 0 Å². The van der Waals surface area contributed by atoms with Gasteiger partial charge in [-0.1, -0.05) is 46.3 Å². The van der Waals surface area contributed by atoms with Gasteiger partial charge in [-0.2, -0.15) is 4.68 Å². The third-order valence-corrected chi connectivity index (χ3v) is 3.38. The molecule has 0 bridgehead atoms. The van der Waals surface area contributed by atoms with E-state index in [1.54, 1.807) is 11.7 Å². The molecule has 2 rings (SSSR count). The second-order valence-corrected chi connectivity index (χ2v) is 5.02. The first-order valence-corrected chi connectivity index (χ1v) is 7.04. The Kier molecular flexibility index (Phi) is 4.31. The van der Waals surface area contributed by atoms with Crippen molar-refractivity contribution >= 4 is 21.7 Å². The van der Waals surface area contributed by atoms with Gasteiger partial charge in [-0.3, -0.25) is 0 Å². The molecule has 0 spiro atoms. The van der Waals surface area contributed by atoms with Crippen LogP contribution in [0.5, 0.6) is 0 Å². The SMILES string of the molecule is Cn1nc([N+](=O)[O-])c(CCBr)c1Cc1ccccc1. The van der Waals surface area contributed by atoms with Crippen LogP contribution in [-0.2, 0) is 19.9 Å². The van der Waals surface area contributed by atoms with E-state index in [1.807, 2.05) is 30.3 Å². The van der Waals surface area contributed by atoms with E-state index in [9.17, 15) is 10.1 Å². The molecule has 2 aromatic rings. The van der Waals surface area contributed by atoms with Crippen LogP contribution in [0.1, 0.15) is 16.8 Å². The topological polar surface area (TPSA) is 61.0 Å². The summed E-state index contributed by atoms with van der Waals surface area (Å²) < 4.78 is 1.61. The molecule has 0 atom stereocenters. The van der Waals surface area contributed by atoms with Crippen molar-refractivity contribution < 1.29 is 4.92 Å². The summed E-state index contributed by atoms with van der Waals surface area (Å²) in [4.78, 5) is 10.6. The molecule has 0 aliphatic rings. The number of rotatable bonds is 5. The second kappa shape index (κ2) is 5.97. The Labute approximate surface area is 119 Å². The number of hydrogen-bond donors (Lipinski definition) is 0. The van der Waals surface area contributed by atoms with Crippen molar-refractivity contribution in [2.75, 3.05) is 5.33 Å². The molecule has 100 valence electrons. The zero-order valence-electron chi connectivity index (χ0n) is 10.5. The van der Waals surface area contributed by atoms with Gasteiger partial charge in [0.05, 0.1) is 23.4 Å². The summed E-state index contributed by atoms with van der Waals surface area (Å²) in [5.74, 6) is -0.0344. The predicted molar refractivity (Wildman–Crippen MR) is 76.6 cm³/mol. The number of nitro groups is 1. The lowest BCUT2D eigenvalue weighted by Crippen LogP contribution is -2.02. The Hall–Kier alpha value is -1.69. The largest absolute Gasteiger partial charge is 0.393 e. The molecule has 0 fully saturated rings. The van der Waals surface area contributed by atoms with Crippen LogP contribution in [0.25, 0.3) is 0 Å². The lowest BCUT2D eigenvalue weighted by molar-refractivity contribution is -0.390. The van der Waals surface area contributed by atoms with E-state index in [-0.39, 0.29) is 5.82 Å². The maximum Gasteiger partial charge on any atom is 0.393 e. The highest BCUT2D eigenvalue weighted by Gasteiger charge is 2.25. The minimum atomic E-state index is -0.410. The molecule has 0 radical (unpaired) electrons. The van der Waals surface area contributed by atoms with E-state index in [4.69, 9.17) is 0 Å². The highest BCUT2D eigenvalue weighted by molar-refractivity contribution is 9.09. The summed E-state index contributed by atoms with van der Waals surface area (Å²) >= 11 is 3.34. The molecule has 1 aromatic heterocycles. The molecule has 5 nitrogen and oxygen atoms in total. The number of hydrogen-bond acceptors (Lipinski definition) is 3. The molecule has 0 N–H and O–H groups in total. The zero-order chi connectivity index (χ0) is 13.8. The van der Waals surface area contributed by atoms with E-state index in [2.05, 4.69) is 21.0 Å². The van der Waals surface area contributed by atoms with Gasteiger partial charge in [0.15, 0.2) is 0 Å². The number of halogens is 1. The Morgan fingerprint density at radius 2 is 2.05 bits per heavy atom. The Morgan fingerprint density at radius 1 is 1.37 bits per heavy atom. The summed E-state index contributed by atoms with van der Waals surface area (Å²) in [7, 11) is 1.75. The average molecular weight is 324 g/mol. The fraction of sp³-hybridized carbons (Fsp3) is 0.308. The summed E-state index contributed by atoms with van der Waals surface area (Å²) in [6.45, 7) is 0. The smallest absolute Gasteiger partial charge is 0.358 e. The van der Waals surface area contributed by atoms with Crippen molar-refractivity contribution in [3.05, 3.63) is 57.3 Å². The first-order chi connectivity index (χ1) is 9.13. The number of aryl methyl sites for hydroxylation is 1. The summed E-state index contributed by atoms with van der Waals surface area (Å²) in [5.41, 5.74) is 2.74. The van der Waals surface area contributed by atoms with Crippen molar-refractivity contribution in [3.8, 4) is 0 Å². The third kappa shape index (κ3) is 3.01. The van der Waals surface area contributed by atoms with Crippen LogP contribution in [0.3, 0.4) is 0 Å². The molecular weight excluding hydrogens is 310 g/mol. The van der Waals surface area contributed by atoms with Gasteiger partial charge in [-0.15, -0.1) is 0 Å². The molecule has 0 saturated carbocycles. The molecular formula is C13H14BrN3O2. The quantitative estimate of drug-likeness (QED) is 0.483. The third-order valence-electron chi connectivity index (χ3n) is 2.99. The lowest BCUT2D eigenvalue weighted by atomic mass is 10.0. The number of aromatic nitrogens is 2. The van der Waals surface area contributed by atoms with Crippen molar-refractivity contribution in [2.45, 2.75) is 12.8 Å². The Balaban J connectivity index is 2.41. The minimum absolute atomic E-state index is 0.0344. The lowest BCUT2D eigenvalue weighted by Gasteiger charge is -2.03. The van der Waals surface area contributed by atoms with Crippen molar-refractivity contribution in [1.82, 2.24) is 9.78 Å². The molecule has 1 aromatic carbocycles. The molecule has 0 unspecified atom stereocenters. The van der Waals surface area contributed by atoms with Gasteiger partial charge in [0, 0.05) is 11.8 Å². The summed E-state index contributed by atoms with van der Waals surface area (Å²) in [6.07, 6.45) is 1.26. The molecule has 6 heteroatoms. The van der Waals surface area contributed by atoms with E-state index in [0.29, 0.717) is 23.7 Å².